The van der Waals surface area contributed by atoms with Crippen molar-refractivity contribution in [1.82, 2.24) is 20.3 Å². The Kier molecular flexibility index (Phi) is 7.35. The van der Waals surface area contributed by atoms with E-state index in [9.17, 15) is 0 Å². The number of rotatable bonds is 3. The zero-order valence-corrected chi connectivity index (χ0v) is 21.1. The molecule has 2 N–H and O–H groups in total. The Morgan fingerprint density at radius 1 is 0.968 bits per heavy atom. The van der Waals surface area contributed by atoms with Gasteiger partial charge in [-0.3, -0.25) is 0 Å². The molecule has 0 aromatic carbocycles. The summed E-state index contributed by atoms with van der Waals surface area (Å²) in [6.45, 7) is 14.3. The van der Waals surface area contributed by atoms with Gasteiger partial charge >= 0.3 is 0 Å². The number of hydrogen-bond donors (Lipinski definition) is 2. The first-order valence-electron chi connectivity index (χ1n) is 12.2. The van der Waals surface area contributed by atoms with Gasteiger partial charge in [-0.25, -0.2) is 9.97 Å². The molecule has 4 atom stereocenters. The monoisotopic (exact) mass is 427 g/mol. The second-order valence-electron chi connectivity index (χ2n) is 12.0. The van der Waals surface area contributed by atoms with E-state index in [-0.39, 0.29) is 0 Å². The van der Waals surface area contributed by atoms with Crippen LogP contribution in [0.1, 0.15) is 80.1 Å². The zero-order valence-electron chi connectivity index (χ0n) is 21.1. The molecule has 0 bridgehead atoms. The lowest BCUT2D eigenvalue weighted by Gasteiger charge is -2.43. The second kappa shape index (κ2) is 9.48. The minimum Gasteiger partial charge on any atom is -0.356 e. The van der Waals surface area contributed by atoms with Crippen LogP contribution in [0.15, 0.2) is 18.6 Å². The molecule has 0 amide bonds. The number of anilines is 1. The van der Waals surface area contributed by atoms with Crippen molar-refractivity contribution >= 4 is 16.9 Å². The molecular weight excluding hydrogens is 382 g/mol. The topological polar surface area (TPSA) is 56.8 Å². The van der Waals surface area contributed by atoms with Crippen LogP contribution < -0.4 is 10.2 Å². The quantitative estimate of drug-likeness (QED) is 0.628. The third-order valence-corrected chi connectivity index (χ3v) is 7.37. The Hall–Kier alpha value is -1.62. The van der Waals surface area contributed by atoms with Crippen LogP contribution in [-0.4, -0.2) is 41.1 Å². The maximum absolute atomic E-state index is 4.52. The summed E-state index contributed by atoms with van der Waals surface area (Å²) in [6.07, 6.45) is 11.5. The lowest BCUT2D eigenvalue weighted by molar-refractivity contribution is 0.156. The van der Waals surface area contributed by atoms with Gasteiger partial charge in [0.1, 0.15) is 17.8 Å². The molecule has 2 aliphatic carbocycles. The number of hydrogen-bond acceptors (Lipinski definition) is 4. The fourth-order valence-corrected chi connectivity index (χ4v) is 6.47. The molecule has 2 heterocycles. The molecule has 0 aliphatic heterocycles. The largest absolute Gasteiger partial charge is 0.356 e. The van der Waals surface area contributed by atoms with Crippen LogP contribution in [0.3, 0.4) is 0 Å². The van der Waals surface area contributed by atoms with Gasteiger partial charge in [0.05, 0.1) is 5.39 Å². The highest BCUT2D eigenvalue weighted by Gasteiger charge is 2.34. The van der Waals surface area contributed by atoms with E-state index >= 15 is 0 Å². The van der Waals surface area contributed by atoms with E-state index in [1.54, 1.807) is 6.33 Å². The normalized spacial score (nSPS) is 29.8. The van der Waals surface area contributed by atoms with Crippen LogP contribution in [-0.2, 0) is 0 Å². The fraction of sp³-hybridized carbons (Fsp3) is 0.769. The van der Waals surface area contributed by atoms with Gasteiger partial charge in [0, 0.05) is 25.3 Å². The lowest BCUT2D eigenvalue weighted by Crippen LogP contribution is -2.41. The summed E-state index contributed by atoms with van der Waals surface area (Å²) in [5.74, 6) is 2.72. The zero-order chi connectivity index (χ0) is 22.8. The summed E-state index contributed by atoms with van der Waals surface area (Å²) in [6, 6.07) is 3.38. The van der Waals surface area contributed by atoms with Crippen molar-refractivity contribution < 1.29 is 0 Å². The molecule has 0 radical (unpaired) electrons. The predicted octanol–water partition coefficient (Wildman–Crippen LogP) is 6.03. The Morgan fingerprint density at radius 2 is 1.61 bits per heavy atom. The molecule has 2 aromatic rings. The number of nitrogens with one attached hydrogen (secondary N) is 2. The van der Waals surface area contributed by atoms with Gasteiger partial charge in [0.25, 0.3) is 0 Å². The van der Waals surface area contributed by atoms with E-state index in [0.29, 0.717) is 16.9 Å². The van der Waals surface area contributed by atoms with E-state index in [0.717, 1.165) is 34.7 Å². The molecule has 2 aromatic heterocycles. The molecule has 0 spiro atoms. The first-order valence-corrected chi connectivity index (χ1v) is 12.2. The third-order valence-electron chi connectivity index (χ3n) is 7.37. The van der Waals surface area contributed by atoms with Gasteiger partial charge in [-0.15, -0.1) is 0 Å². The summed E-state index contributed by atoms with van der Waals surface area (Å²) in [5.41, 5.74) is 1.90. The first kappa shape index (κ1) is 24.0. The summed E-state index contributed by atoms with van der Waals surface area (Å²) in [5, 5.41) is 4.51. The van der Waals surface area contributed by atoms with E-state index < -0.39 is 0 Å². The molecule has 5 nitrogen and oxygen atoms in total. The minimum absolute atomic E-state index is 0.418. The van der Waals surface area contributed by atoms with Crippen molar-refractivity contribution in [2.45, 2.75) is 92.2 Å². The Balaban J connectivity index is 0.000000210. The SMILES string of the molecule is CC1CC(N(C)c2ncnc3[nH]ccc23)CC(C)(C)C1.CNC1CC(C)CC(C)(C)C1. The lowest BCUT2D eigenvalue weighted by atomic mass is 9.70. The van der Waals surface area contributed by atoms with Gasteiger partial charge in [-0.1, -0.05) is 41.5 Å². The van der Waals surface area contributed by atoms with Gasteiger partial charge in [-0.2, -0.15) is 0 Å². The van der Waals surface area contributed by atoms with Crippen molar-refractivity contribution in [3.8, 4) is 0 Å². The summed E-state index contributed by atoms with van der Waals surface area (Å²) < 4.78 is 0. The van der Waals surface area contributed by atoms with E-state index in [4.69, 9.17) is 0 Å². The van der Waals surface area contributed by atoms with Crippen LogP contribution >= 0.6 is 0 Å². The van der Waals surface area contributed by atoms with Crippen molar-refractivity contribution in [3.63, 3.8) is 0 Å². The molecule has 2 aliphatic rings. The average molecular weight is 428 g/mol. The molecule has 2 saturated carbocycles. The van der Waals surface area contributed by atoms with Crippen molar-refractivity contribution in [1.29, 1.82) is 0 Å². The highest BCUT2D eigenvalue weighted by atomic mass is 15.2. The predicted molar refractivity (Wildman–Crippen MR) is 133 cm³/mol. The van der Waals surface area contributed by atoms with Crippen molar-refractivity contribution in [2.24, 2.45) is 22.7 Å². The molecule has 174 valence electrons. The highest BCUT2D eigenvalue weighted by molar-refractivity contribution is 5.87. The van der Waals surface area contributed by atoms with Gasteiger partial charge in [0.15, 0.2) is 0 Å². The van der Waals surface area contributed by atoms with Crippen LogP contribution in [0.25, 0.3) is 11.0 Å². The summed E-state index contributed by atoms with van der Waals surface area (Å²) in [4.78, 5) is 14.3. The average Bonchev–Trinajstić information content (AvgIpc) is 3.13. The van der Waals surface area contributed by atoms with E-state index in [1.807, 2.05) is 6.20 Å². The van der Waals surface area contributed by atoms with Gasteiger partial charge in [0.2, 0.25) is 0 Å². The molecule has 31 heavy (non-hydrogen) atoms. The van der Waals surface area contributed by atoms with Crippen LogP contribution in [0.4, 0.5) is 5.82 Å². The smallest absolute Gasteiger partial charge is 0.142 e. The molecule has 4 unspecified atom stereocenters. The summed E-state index contributed by atoms with van der Waals surface area (Å²) >= 11 is 0. The van der Waals surface area contributed by atoms with Gasteiger partial charge in [-0.05, 0) is 74.3 Å². The third kappa shape index (κ3) is 6.21. The maximum Gasteiger partial charge on any atom is 0.142 e. The highest BCUT2D eigenvalue weighted by Crippen LogP contribution is 2.41. The number of aromatic nitrogens is 3. The van der Waals surface area contributed by atoms with Crippen LogP contribution in [0.2, 0.25) is 0 Å². The number of fused-ring (bicyclic) bond motifs is 1. The van der Waals surface area contributed by atoms with Gasteiger partial charge < -0.3 is 15.2 Å². The van der Waals surface area contributed by atoms with Crippen molar-refractivity contribution in [3.05, 3.63) is 18.6 Å². The fourth-order valence-electron chi connectivity index (χ4n) is 6.47. The molecule has 0 saturated heterocycles. The molecule has 2 fully saturated rings. The molecule has 5 heteroatoms. The first-order chi connectivity index (χ1) is 14.5. The van der Waals surface area contributed by atoms with Crippen LogP contribution in [0.5, 0.6) is 0 Å². The molecular formula is C26H45N5. The molecule has 4 rings (SSSR count). The Labute approximate surface area is 189 Å². The Bertz CT molecular complexity index is 839. The number of aromatic amines is 1. The van der Waals surface area contributed by atoms with Crippen LogP contribution in [0, 0.1) is 22.7 Å². The number of H-pyrrole nitrogens is 1. The maximum atomic E-state index is 4.52. The van der Waals surface area contributed by atoms with E-state index in [2.05, 4.69) is 86.9 Å². The Morgan fingerprint density at radius 3 is 2.23 bits per heavy atom. The summed E-state index contributed by atoms with van der Waals surface area (Å²) in [7, 11) is 4.26. The minimum atomic E-state index is 0.418. The second-order valence-corrected chi connectivity index (χ2v) is 12.0. The standard InChI is InChI=1S/C16H24N4.C10H21N/c1-11-7-12(9-16(2,3)8-11)20(4)15-13-5-6-17-14(13)18-10-19-15;1-8-5-9(11-4)7-10(2,3)6-8/h5-6,10-12H,7-9H2,1-4H3,(H,17,18,19);8-9,11H,5-7H2,1-4H3. The van der Waals surface area contributed by atoms with E-state index in [1.165, 1.54) is 38.5 Å². The number of nitrogens with zero attached hydrogens (tertiary/aromatic N) is 3. The van der Waals surface area contributed by atoms with Crippen molar-refractivity contribution in [2.75, 3.05) is 19.0 Å².